The van der Waals surface area contributed by atoms with Gasteiger partial charge in [0.25, 0.3) is 0 Å². The average molecular weight is 217 g/mol. The third-order valence-corrected chi connectivity index (χ3v) is 3.74. The van der Waals surface area contributed by atoms with E-state index in [-0.39, 0.29) is 6.04 Å². The lowest BCUT2D eigenvalue weighted by atomic mass is 9.83. The van der Waals surface area contributed by atoms with Gasteiger partial charge in [0.15, 0.2) is 0 Å². The van der Waals surface area contributed by atoms with Crippen molar-refractivity contribution in [2.24, 2.45) is 0 Å². The van der Waals surface area contributed by atoms with Crippen LogP contribution in [0.25, 0.3) is 0 Å². The lowest BCUT2D eigenvalue weighted by Crippen LogP contribution is -2.45. The fourth-order valence-electron chi connectivity index (χ4n) is 3.06. The van der Waals surface area contributed by atoms with Crippen LogP contribution in [0.4, 0.5) is 0 Å². The Labute approximate surface area is 94.5 Å². The smallest absolute Gasteiger partial charge is 0.336 e. The first-order valence-corrected chi connectivity index (χ1v) is 5.87. The maximum atomic E-state index is 11.4. The molecule has 0 aromatic carbocycles. The van der Waals surface area contributed by atoms with Crippen molar-refractivity contribution in [3.63, 3.8) is 0 Å². The van der Waals surface area contributed by atoms with E-state index in [4.69, 9.17) is 0 Å². The molecule has 1 aliphatic heterocycles. The van der Waals surface area contributed by atoms with Crippen molar-refractivity contribution < 1.29 is 9.90 Å². The van der Waals surface area contributed by atoms with Crippen LogP contribution in [-0.2, 0) is 4.79 Å². The van der Waals surface area contributed by atoms with Gasteiger partial charge in [-0.1, -0.05) is 18.2 Å². The Morgan fingerprint density at radius 2 is 2.31 bits per heavy atom. The second-order valence-corrected chi connectivity index (χ2v) is 4.66. The molecule has 0 aromatic heterocycles. The van der Waals surface area contributed by atoms with Crippen LogP contribution < -0.4 is 5.32 Å². The van der Waals surface area contributed by atoms with E-state index in [1.165, 1.54) is 0 Å². The minimum Gasteiger partial charge on any atom is -0.478 e. The van der Waals surface area contributed by atoms with Gasteiger partial charge in [0.05, 0.1) is 5.57 Å². The third kappa shape index (κ3) is 1.35. The van der Waals surface area contributed by atoms with Crippen LogP contribution in [0.1, 0.15) is 25.7 Å². The van der Waals surface area contributed by atoms with E-state index >= 15 is 0 Å². The number of fused-ring (bicyclic) bond motifs is 2. The summed E-state index contributed by atoms with van der Waals surface area (Å²) in [7, 11) is 0. The minimum absolute atomic E-state index is 0.211. The Hall–Kier alpha value is -1.35. The summed E-state index contributed by atoms with van der Waals surface area (Å²) in [6, 6.07) is 0.516. The highest BCUT2D eigenvalue weighted by atomic mass is 16.4. The molecule has 2 atom stereocenters. The molecular formula is C13H15NO2. The summed E-state index contributed by atoms with van der Waals surface area (Å²) in [6.07, 6.45) is 10.1. The number of nitrogens with one attached hydrogen (secondary N) is 1. The number of aliphatic carboxylic acids is 1. The lowest BCUT2D eigenvalue weighted by molar-refractivity contribution is -0.132. The fourth-order valence-corrected chi connectivity index (χ4v) is 3.06. The van der Waals surface area contributed by atoms with Crippen molar-refractivity contribution in [3.05, 3.63) is 34.9 Å². The number of allylic oxidation sites excluding steroid dienone is 2. The summed E-state index contributed by atoms with van der Waals surface area (Å²) in [4.78, 5) is 11.4. The number of carboxylic acid groups (broad SMARTS) is 1. The van der Waals surface area contributed by atoms with Crippen molar-refractivity contribution in [2.45, 2.75) is 37.8 Å². The number of hydrogen-bond acceptors (Lipinski definition) is 2. The van der Waals surface area contributed by atoms with Gasteiger partial charge in [0.2, 0.25) is 0 Å². The molecule has 3 aliphatic rings. The van der Waals surface area contributed by atoms with Crippen LogP contribution in [0.5, 0.6) is 0 Å². The third-order valence-electron chi connectivity index (χ3n) is 3.74. The summed E-state index contributed by atoms with van der Waals surface area (Å²) in [5.41, 5.74) is 2.68. The predicted octanol–water partition coefficient (Wildman–Crippen LogP) is 1.78. The van der Waals surface area contributed by atoms with Crippen LogP contribution >= 0.6 is 0 Å². The first-order chi connectivity index (χ1) is 7.77. The second kappa shape index (κ2) is 3.59. The molecule has 1 fully saturated rings. The van der Waals surface area contributed by atoms with Crippen LogP contribution in [0.3, 0.4) is 0 Å². The van der Waals surface area contributed by atoms with Gasteiger partial charge in [-0.2, -0.15) is 0 Å². The second-order valence-electron chi connectivity index (χ2n) is 4.66. The maximum Gasteiger partial charge on any atom is 0.336 e. The lowest BCUT2D eigenvalue weighted by Gasteiger charge is -2.33. The van der Waals surface area contributed by atoms with E-state index in [0.29, 0.717) is 11.6 Å². The van der Waals surface area contributed by atoms with Gasteiger partial charge in [0, 0.05) is 12.1 Å². The molecule has 1 heterocycles. The average Bonchev–Trinajstić information content (AvgIpc) is 2.72. The van der Waals surface area contributed by atoms with Gasteiger partial charge in [0.1, 0.15) is 0 Å². The summed E-state index contributed by atoms with van der Waals surface area (Å²) in [6.45, 7) is 0. The van der Waals surface area contributed by atoms with Crippen molar-refractivity contribution in [2.75, 3.05) is 0 Å². The Kier molecular flexibility index (Phi) is 2.21. The summed E-state index contributed by atoms with van der Waals surface area (Å²) in [5, 5.41) is 12.9. The van der Waals surface area contributed by atoms with Gasteiger partial charge in [-0.05, 0) is 36.8 Å². The van der Waals surface area contributed by atoms with Crippen molar-refractivity contribution in [3.8, 4) is 0 Å². The van der Waals surface area contributed by atoms with Gasteiger partial charge in [-0.25, -0.2) is 4.79 Å². The molecule has 2 unspecified atom stereocenters. The van der Waals surface area contributed by atoms with E-state index < -0.39 is 5.97 Å². The molecule has 0 saturated heterocycles. The summed E-state index contributed by atoms with van der Waals surface area (Å²) in [5.74, 6) is -0.755. The van der Waals surface area contributed by atoms with Crippen LogP contribution in [0.2, 0.25) is 0 Å². The summed E-state index contributed by atoms with van der Waals surface area (Å²) < 4.78 is 0. The molecule has 2 N–H and O–H groups in total. The number of hydrogen-bond donors (Lipinski definition) is 2. The molecule has 16 heavy (non-hydrogen) atoms. The highest BCUT2D eigenvalue weighted by molar-refractivity contribution is 5.94. The van der Waals surface area contributed by atoms with Gasteiger partial charge >= 0.3 is 5.97 Å². The van der Waals surface area contributed by atoms with Gasteiger partial charge in [-0.3, -0.25) is 0 Å². The topological polar surface area (TPSA) is 49.3 Å². The van der Waals surface area contributed by atoms with Crippen molar-refractivity contribution in [1.29, 1.82) is 0 Å². The van der Waals surface area contributed by atoms with Gasteiger partial charge in [-0.15, -0.1) is 0 Å². The number of rotatable bonds is 1. The predicted molar refractivity (Wildman–Crippen MR) is 61.1 cm³/mol. The van der Waals surface area contributed by atoms with Crippen molar-refractivity contribution >= 4 is 5.97 Å². The standard InChI is InChI=1S/C13H15NO2/c15-13(16)12-8-4-1-2-6-10(8)14-11-7-3-5-9(11)12/h1-2,4,10-11,14H,3,5-7H2,(H,15,16). The normalized spacial score (nSPS) is 32.1. The molecule has 3 heteroatoms. The minimum atomic E-state index is -0.755. The molecule has 3 nitrogen and oxygen atoms in total. The van der Waals surface area contributed by atoms with Crippen LogP contribution in [0.15, 0.2) is 34.9 Å². The zero-order chi connectivity index (χ0) is 11.1. The Bertz CT molecular complexity index is 431. The quantitative estimate of drug-likeness (QED) is 0.704. The Morgan fingerprint density at radius 3 is 3.12 bits per heavy atom. The van der Waals surface area contributed by atoms with E-state index in [9.17, 15) is 9.90 Å². The highest BCUT2D eigenvalue weighted by Gasteiger charge is 2.37. The monoisotopic (exact) mass is 217 g/mol. The maximum absolute atomic E-state index is 11.4. The largest absolute Gasteiger partial charge is 0.478 e. The molecule has 3 rings (SSSR count). The molecule has 1 saturated carbocycles. The van der Waals surface area contributed by atoms with Crippen LogP contribution in [0, 0.1) is 0 Å². The molecule has 84 valence electrons. The number of carboxylic acids is 1. The molecule has 0 spiro atoms. The van der Waals surface area contributed by atoms with E-state index in [1.54, 1.807) is 0 Å². The van der Waals surface area contributed by atoms with E-state index in [1.807, 2.05) is 12.2 Å². The highest BCUT2D eigenvalue weighted by Crippen LogP contribution is 2.38. The van der Waals surface area contributed by atoms with Crippen LogP contribution in [-0.4, -0.2) is 23.2 Å². The molecular weight excluding hydrogens is 202 g/mol. The zero-order valence-corrected chi connectivity index (χ0v) is 9.07. The first kappa shape index (κ1) is 9.85. The zero-order valence-electron chi connectivity index (χ0n) is 9.07. The molecule has 2 aliphatic carbocycles. The Balaban J connectivity index is 2.13. The van der Waals surface area contributed by atoms with E-state index in [0.717, 1.165) is 36.8 Å². The first-order valence-electron chi connectivity index (χ1n) is 5.87. The summed E-state index contributed by atoms with van der Waals surface area (Å²) >= 11 is 0. The number of carbonyl (C=O) groups is 1. The Morgan fingerprint density at radius 1 is 1.44 bits per heavy atom. The SMILES string of the molecule is O=C(O)C1=C2CCCC2NC2CC=CC=C12. The molecule has 0 radical (unpaired) electrons. The van der Waals surface area contributed by atoms with Crippen molar-refractivity contribution in [1.82, 2.24) is 5.32 Å². The van der Waals surface area contributed by atoms with E-state index in [2.05, 4.69) is 11.4 Å². The van der Waals surface area contributed by atoms with Gasteiger partial charge < -0.3 is 10.4 Å². The molecule has 0 bridgehead atoms. The molecule has 0 amide bonds. The molecule has 0 aromatic rings. The fraction of sp³-hybridized carbons (Fsp3) is 0.462.